The molecule has 0 aromatic heterocycles. The van der Waals surface area contributed by atoms with Gasteiger partial charge in [-0.05, 0) is 25.3 Å². The zero-order valence-electron chi connectivity index (χ0n) is 11.1. The summed E-state index contributed by atoms with van der Waals surface area (Å²) in [6.07, 6.45) is 1.30. The normalized spacial score (nSPS) is 16.8. The number of Topliss-reactive ketones (excluding diaryl/α,β-unsaturated/α-hetero) is 2. The lowest BCUT2D eigenvalue weighted by Gasteiger charge is -2.08. The SMILES string of the molecule is CCC1=C(CC)C(=O)C(c2ccc(C)cc2)C1=O. The van der Waals surface area contributed by atoms with Crippen LogP contribution in [0.5, 0.6) is 0 Å². The van der Waals surface area contributed by atoms with Crippen LogP contribution < -0.4 is 0 Å². The quantitative estimate of drug-likeness (QED) is 0.762. The maximum Gasteiger partial charge on any atom is 0.174 e. The Hall–Kier alpha value is -1.70. The van der Waals surface area contributed by atoms with Crippen LogP contribution >= 0.6 is 0 Å². The number of hydrogen-bond acceptors (Lipinski definition) is 2. The summed E-state index contributed by atoms with van der Waals surface area (Å²) in [5.74, 6) is -0.582. The van der Waals surface area contributed by atoms with Crippen molar-refractivity contribution in [2.24, 2.45) is 0 Å². The highest BCUT2D eigenvalue weighted by atomic mass is 16.2. The highest BCUT2D eigenvalue weighted by Gasteiger charge is 2.39. The third-order valence-electron chi connectivity index (χ3n) is 3.60. The molecule has 18 heavy (non-hydrogen) atoms. The van der Waals surface area contributed by atoms with E-state index in [1.807, 2.05) is 45.0 Å². The molecule has 1 aromatic carbocycles. The highest BCUT2D eigenvalue weighted by molar-refractivity contribution is 6.27. The number of allylic oxidation sites excluding steroid dienone is 2. The van der Waals surface area contributed by atoms with E-state index >= 15 is 0 Å². The summed E-state index contributed by atoms with van der Waals surface area (Å²) in [6.45, 7) is 5.87. The van der Waals surface area contributed by atoms with Gasteiger partial charge in [-0.3, -0.25) is 9.59 Å². The summed E-state index contributed by atoms with van der Waals surface area (Å²) in [6, 6.07) is 7.68. The van der Waals surface area contributed by atoms with Gasteiger partial charge in [-0.1, -0.05) is 43.7 Å². The number of carbonyl (C=O) groups excluding carboxylic acids is 2. The number of aryl methyl sites for hydroxylation is 1. The number of rotatable bonds is 3. The Morgan fingerprint density at radius 3 is 1.72 bits per heavy atom. The molecule has 1 aromatic rings. The van der Waals surface area contributed by atoms with Crippen LogP contribution in [0, 0.1) is 6.92 Å². The van der Waals surface area contributed by atoms with Gasteiger partial charge in [-0.25, -0.2) is 0 Å². The van der Waals surface area contributed by atoms with Crippen LogP contribution in [-0.2, 0) is 9.59 Å². The molecule has 1 aliphatic carbocycles. The third-order valence-corrected chi connectivity index (χ3v) is 3.60. The second-order valence-corrected chi connectivity index (χ2v) is 4.74. The van der Waals surface area contributed by atoms with E-state index in [9.17, 15) is 9.59 Å². The summed E-state index contributed by atoms with van der Waals surface area (Å²) in [7, 11) is 0. The van der Waals surface area contributed by atoms with Crippen LogP contribution in [-0.4, -0.2) is 11.6 Å². The zero-order valence-corrected chi connectivity index (χ0v) is 11.1. The standard InChI is InChI=1S/C16H18O2/c1-4-12-13(5-2)16(18)14(15(12)17)11-8-6-10(3)7-9-11/h6-9,14H,4-5H2,1-3H3. The molecule has 0 bridgehead atoms. The Balaban J connectivity index is 2.41. The fraction of sp³-hybridized carbons (Fsp3) is 0.375. The van der Waals surface area contributed by atoms with E-state index in [0.29, 0.717) is 12.8 Å². The average Bonchev–Trinajstić information content (AvgIpc) is 2.61. The molecule has 0 atom stereocenters. The molecule has 2 rings (SSSR count). The smallest absolute Gasteiger partial charge is 0.174 e. The van der Waals surface area contributed by atoms with Crippen molar-refractivity contribution in [2.45, 2.75) is 39.5 Å². The van der Waals surface area contributed by atoms with Crippen molar-refractivity contribution in [3.63, 3.8) is 0 Å². The van der Waals surface area contributed by atoms with Crippen molar-refractivity contribution >= 4 is 11.6 Å². The molecule has 0 aliphatic heterocycles. The average molecular weight is 242 g/mol. The van der Waals surface area contributed by atoms with Crippen molar-refractivity contribution in [1.82, 2.24) is 0 Å². The van der Waals surface area contributed by atoms with Crippen molar-refractivity contribution < 1.29 is 9.59 Å². The van der Waals surface area contributed by atoms with E-state index in [2.05, 4.69) is 0 Å². The summed E-state index contributed by atoms with van der Waals surface area (Å²) in [5.41, 5.74) is 3.42. The van der Waals surface area contributed by atoms with Gasteiger partial charge in [0, 0.05) is 11.1 Å². The molecule has 0 heterocycles. The lowest BCUT2D eigenvalue weighted by atomic mass is 9.92. The fourth-order valence-corrected chi connectivity index (χ4v) is 2.60. The molecule has 94 valence electrons. The first-order valence-electron chi connectivity index (χ1n) is 6.47. The van der Waals surface area contributed by atoms with Crippen LogP contribution in [0.4, 0.5) is 0 Å². The second-order valence-electron chi connectivity index (χ2n) is 4.74. The molecule has 2 heteroatoms. The first-order chi connectivity index (χ1) is 8.60. The van der Waals surface area contributed by atoms with Gasteiger partial charge in [-0.15, -0.1) is 0 Å². The molecule has 0 saturated carbocycles. The maximum atomic E-state index is 12.3. The van der Waals surface area contributed by atoms with Crippen molar-refractivity contribution in [1.29, 1.82) is 0 Å². The van der Waals surface area contributed by atoms with E-state index in [-0.39, 0.29) is 11.6 Å². The number of benzene rings is 1. The first-order valence-corrected chi connectivity index (χ1v) is 6.47. The summed E-state index contributed by atoms with van der Waals surface area (Å²) >= 11 is 0. The van der Waals surface area contributed by atoms with Gasteiger partial charge in [0.25, 0.3) is 0 Å². The van der Waals surface area contributed by atoms with E-state index < -0.39 is 5.92 Å². The molecule has 0 fully saturated rings. The van der Waals surface area contributed by atoms with E-state index in [4.69, 9.17) is 0 Å². The van der Waals surface area contributed by atoms with E-state index in [0.717, 1.165) is 22.3 Å². The maximum absolute atomic E-state index is 12.3. The van der Waals surface area contributed by atoms with Crippen molar-refractivity contribution in [3.8, 4) is 0 Å². The second kappa shape index (κ2) is 4.89. The molecule has 0 spiro atoms. The summed E-state index contributed by atoms with van der Waals surface area (Å²) in [5, 5.41) is 0. The number of hydrogen-bond donors (Lipinski definition) is 0. The van der Waals surface area contributed by atoms with Crippen molar-refractivity contribution in [2.75, 3.05) is 0 Å². The molecule has 0 radical (unpaired) electrons. The Kier molecular flexibility index (Phi) is 3.46. The van der Waals surface area contributed by atoms with Gasteiger partial charge >= 0.3 is 0 Å². The topological polar surface area (TPSA) is 34.1 Å². The minimum atomic E-state index is -0.588. The summed E-state index contributed by atoms with van der Waals surface area (Å²) < 4.78 is 0. The van der Waals surface area contributed by atoms with E-state index in [1.165, 1.54) is 0 Å². The highest BCUT2D eigenvalue weighted by Crippen LogP contribution is 2.35. The van der Waals surface area contributed by atoms with E-state index in [1.54, 1.807) is 0 Å². The molecule has 2 nitrogen and oxygen atoms in total. The molecular weight excluding hydrogens is 224 g/mol. The molecule has 0 amide bonds. The predicted molar refractivity (Wildman–Crippen MR) is 71.5 cm³/mol. The van der Waals surface area contributed by atoms with Gasteiger partial charge in [-0.2, -0.15) is 0 Å². The number of ketones is 2. The minimum Gasteiger partial charge on any atom is -0.293 e. The Bertz CT molecular complexity index is 495. The largest absolute Gasteiger partial charge is 0.293 e. The van der Waals surface area contributed by atoms with Gasteiger partial charge in [0.2, 0.25) is 0 Å². The molecule has 0 unspecified atom stereocenters. The van der Waals surface area contributed by atoms with Crippen LogP contribution in [0.3, 0.4) is 0 Å². The van der Waals surface area contributed by atoms with Gasteiger partial charge in [0.05, 0.1) is 0 Å². The monoisotopic (exact) mass is 242 g/mol. The van der Waals surface area contributed by atoms with Gasteiger partial charge in [0.15, 0.2) is 11.6 Å². The van der Waals surface area contributed by atoms with Crippen molar-refractivity contribution in [3.05, 3.63) is 46.5 Å². The van der Waals surface area contributed by atoms with Gasteiger partial charge < -0.3 is 0 Å². The lowest BCUT2D eigenvalue weighted by molar-refractivity contribution is -0.123. The van der Waals surface area contributed by atoms with Gasteiger partial charge in [0.1, 0.15) is 5.92 Å². The third kappa shape index (κ3) is 1.92. The Morgan fingerprint density at radius 2 is 1.33 bits per heavy atom. The molecule has 0 N–H and O–H groups in total. The fourth-order valence-electron chi connectivity index (χ4n) is 2.60. The number of carbonyl (C=O) groups is 2. The van der Waals surface area contributed by atoms with Crippen LogP contribution in [0.15, 0.2) is 35.4 Å². The lowest BCUT2D eigenvalue weighted by Crippen LogP contribution is -2.15. The molecular formula is C16H18O2. The Morgan fingerprint density at radius 1 is 0.889 bits per heavy atom. The Labute approximate surface area is 108 Å². The molecule has 0 saturated heterocycles. The summed E-state index contributed by atoms with van der Waals surface area (Å²) in [4.78, 5) is 24.6. The zero-order chi connectivity index (χ0) is 13.3. The predicted octanol–water partition coefficient (Wildman–Crippen LogP) is 3.35. The van der Waals surface area contributed by atoms with Crippen LogP contribution in [0.1, 0.15) is 43.7 Å². The first kappa shape index (κ1) is 12.7. The minimum absolute atomic E-state index is 0.00297. The molecule has 1 aliphatic rings. The van der Waals surface area contributed by atoms with Crippen LogP contribution in [0.2, 0.25) is 0 Å². The van der Waals surface area contributed by atoms with Crippen LogP contribution in [0.25, 0.3) is 0 Å².